The summed E-state index contributed by atoms with van der Waals surface area (Å²) in [5.41, 5.74) is -2.96. The van der Waals surface area contributed by atoms with Gasteiger partial charge in [-0.1, -0.05) is 12.1 Å². The molecule has 0 aliphatic carbocycles. The number of nitrogens with one attached hydrogen (secondary N) is 2. The van der Waals surface area contributed by atoms with Crippen LogP contribution in [0.2, 0.25) is 0 Å². The smallest absolute Gasteiger partial charge is 0.320 e. The van der Waals surface area contributed by atoms with E-state index in [4.69, 9.17) is 0 Å². The van der Waals surface area contributed by atoms with Crippen molar-refractivity contribution < 1.29 is 22.4 Å². The zero-order chi connectivity index (χ0) is 17.3. The topological polar surface area (TPSA) is 59.0 Å². The highest BCUT2D eigenvalue weighted by molar-refractivity contribution is 5.89. The number of aryl methyl sites for hydroxylation is 1. The van der Waals surface area contributed by atoms with Crippen LogP contribution in [0.4, 0.5) is 28.2 Å². The largest absolute Gasteiger partial charge is 0.415 e. The Labute approximate surface area is 129 Å². The Kier molecular flexibility index (Phi) is 4.31. The van der Waals surface area contributed by atoms with Crippen LogP contribution in [-0.2, 0) is 12.6 Å². The maximum Gasteiger partial charge on any atom is 0.415 e. The Hall–Kier alpha value is -2.58. The van der Waals surface area contributed by atoms with Crippen molar-refractivity contribution in [1.29, 1.82) is 0 Å². The van der Waals surface area contributed by atoms with Gasteiger partial charge in [0.25, 0.3) is 0 Å². The summed E-state index contributed by atoms with van der Waals surface area (Å²) in [5, 5.41) is 7.96. The second kappa shape index (κ2) is 5.90. The number of carbonyl (C=O) groups excluding carboxylic acids is 1. The molecule has 0 bridgehead atoms. The third kappa shape index (κ3) is 3.43. The van der Waals surface area contributed by atoms with Gasteiger partial charge in [0.2, 0.25) is 0 Å². The van der Waals surface area contributed by atoms with Crippen molar-refractivity contribution in [3.63, 3.8) is 0 Å². The van der Waals surface area contributed by atoms with Gasteiger partial charge in [-0.25, -0.2) is 9.18 Å². The number of aromatic nitrogens is 2. The highest BCUT2D eigenvalue weighted by atomic mass is 19.4. The summed E-state index contributed by atoms with van der Waals surface area (Å²) < 4.78 is 54.6. The number of carbonyl (C=O) groups is 1. The molecule has 0 aliphatic rings. The van der Waals surface area contributed by atoms with Gasteiger partial charge in [0.15, 0.2) is 5.54 Å². The maximum absolute atomic E-state index is 13.5. The Balaban J connectivity index is 2.27. The minimum absolute atomic E-state index is 0.228. The van der Waals surface area contributed by atoms with Crippen LogP contribution in [0, 0.1) is 5.82 Å². The molecule has 0 radical (unpaired) electrons. The zero-order valence-electron chi connectivity index (χ0n) is 12.3. The van der Waals surface area contributed by atoms with E-state index in [1.807, 2.05) is 5.32 Å². The number of alkyl halides is 3. The van der Waals surface area contributed by atoms with Crippen molar-refractivity contribution in [2.45, 2.75) is 18.6 Å². The van der Waals surface area contributed by atoms with Crippen molar-refractivity contribution in [2.75, 3.05) is 5.32 Å². The van der Waals surface area contributed by atoms with Crippen molar-refractivity contribution in [1.82, 2.24) is 15.1 Å². The summed E-state index contributed by atoms with van der Waals surface area (Å²) in [6.45, 7) is 0.809. The molecule has 1 unspecified atom stereocenters. The van der Waals surface area contributed by atoms with Crippen LogP contribution in [0.1, 0.15) is 12.5 Å². The maximum atomic E-state index is 13.5. The van der Waals surface area contributed by atoms with Gasteiger partial charge in [0, 0.05) is 13.1 Å². The average Bonchev–Trinajstić information content (AvgIpc) is 2.83. The quantitative estimate of drug-likeness (QED) is 0.850. The van der Waals surface area contributed by atoms with E-state index in [0.29, 0.717) is 0 Å². The number of nitrogens with zero attached hydrogens (tertiary/aromatic N) is 2. The van der Waals surface area contributed by atoms with Crippen LogP contribution in [0.5, 0.6) is 0 Å². The Morgan fingerprint density at radius 2 is 1.78 bits per heavy atom. The molecule has 124 valence electrons. The fourth-order valence-corrected chi connectivity index (χ4v) is 1.96. The van der Waals surface area contributed by atoms with E-state index in [1.54, 1.807) is 0 Å². The standard InChI is InChI=1S/C14H14F4N4O/c1-13(14(16,17)18,9-3-5-10(15)6-4-9)21-12(23)20-11-7-8-19-22(11)2/h3-8H,1-2H3,(H2,20,21,23). The number of urea groups is 1. The summed E-state index contributed by atoms with van der Waals surface area (Å²) in [7, 11) is 1.53. The first kappa shape index (κ1) is 16.8. The molecule has 5 nitrogen and oxygen atoms in total. The van der Waals surface area contributed by atoms with E-state index >= 15 is 0 Å². The van der Waals surface area contributed by atoms with Crippen LogP contribution in [-0.4, -0.2) is 22.0 Å². The molecule has 1 heterocycles. The minimum Gasteiger partial charge on any atom is -0.320 e. The van der Waals surface area contributed by atoms with Gasteiger partial charge in [-0.3, -0.25) is 10.00 Å². The molecule has 0 spiro atoms. The van der Waals surface area contributed by atoms with E-state index in [9.17, 15) is 22.4 Å². The second-order valence-electron chi connectivity index (χ2n) is 5.05. The van der Waals surface area contributed by atoms with Crippen molar-refractivity contribution in [3.05, 3.63) is 47.9 Å². The molecule has 0 saturated carbocycles. The molecule has 0 fully saturated rings. The first-order valence-electron chi connectivity index (χ1n) is 6.53. The molecule has 2 N–H and O–H groups in total. The SMILES string of the molecule is Cn1nccc1NC(=O)NC(C)(c1ccc(F)cc1)C(F)(F)F. The molecule has 9 heteroatoms. The predicted molar refractivity (Wildman–Crippen MR) is 75.2 cm³/mol. The summed E-state index contributed by atoms with van der Waals surface area (Å²) in [5.74, 6) is -0.441. The van der Waals surface area contributed by atoms with Gasteiger partial charge in [-0.15, -0.1) is 0 Å². The third-order valence-electron chi connectivity index (χ3n) is 3.41. The average molecular weight is 330 g/mol. The molecule has 1 aromatic carbocycles. The van der Waals surface area contributed by atoms with E-state index in [2.05, 4.69) is 10.4 Å². The van der Waals surface area contributed by atoms with Gasteiger partial charge in [0.05, 0.1) is 6.20 Å². The number of rotatable bonds is 3. The first-order valence-corrected chi connectivity index (χ1v) is 6.53. The lowest BCUT2D eigenvalue weighted by Gasteiger charge is -2.33. The summed E-state index contributed by atoms with van der Waals surface area (Å²) in [6.07, 6.45) is -3.40. The number of halogens is 4. The minimum atomic E-state index is -4.78. The molecule has 1 atom stereocenters. The fourth-order valence-electron chi connectivity index (χ4n) is 1.96. The van der Waals surface area contributed by atoms with Crippen LogP contribution >= 0.6 is 0 Å². The van der Waals surface area contributed by atoms with Crippen LogP contribution in [0.25, 0.3) is 0 Å². The Bertz CT molecular complexity index is 696. The number of anilines is 1. The monoisotopic (exact) mass is 330 g/mol. The zero-order valence-corrected chi connectivity index (χ0v) is 12.3. The van der Waals surface area contributed by atoms with Crippen LogP contribution in [0.3, 0.4) is 0 Å². The first-order chi connectivity index (χ1) is 10.6. The molecule has 1 aromatic heterocycles. The normalized spacial score (nSPS) is 14.2. The number of amides is 2. The van der Waals surface area contributed by atoms with Crippen LogP contribution < -0.4 is 10.6 Å². The lowest BCUT2D eigenvalue weighted by molar-refractivity contribution is -0.191. The van der Waals surface area contributed by atoms with Gasteiger partial charge in [-0.05, 0) is 24.6 Å². The second-order valence-corrected chi connectivity index (χ2v) is 5.05. The van der Waals surface area contributed by atoms with Gasteiger partial charge >= 0.3 is 12.2 Å². The lowest BCUT2D eigenvalue weighted by Crippen LogP contribution is -2.55. The molecule has 0 aliphatic heterocycles. The molecule has 2 amide bonds. The third-order valence-corrected chi connectivity index (χ3v) is 3.41. The molecule has 23 heavy (non-hydrogen) atoms. The van der Waals surface area contributed by atoms with Crippen molar-refractivity contribution in [2.24, 2.45) is 7.05 Å². The van der Waals surface area contributed by atoms with Crippen molar-refractivity contribution >= 4 is 11.8 Å². The predicted octanol–water partition coefficient (Wildman–Crippen LogP) is 3.16. The number of benzene rings is 1. The molecular weight excluding hydrogens is 316 g/mol. The van der Waals surface area contributed by atoms with Gasteiger partial charge in [0.1, 0.15) is 11.6 Å². The Morgan fingerprint density at radius 1 is 1.17 bits per heavy atom. The van der Waals surface area contributed by atoms with Gasteiger partial charge < -0.3 is 5.32 Å². The number of hydrogen-bond acceptors (Lipinski definition) is 2. The van der Waals surface area contributed by atoms with Gasteiger partial charge in [-0.2, -0.15) is 18.3 Å². The van der Waals surface area contributed by atoms with E-state index < -0.39 is 23.6 Å². The summed E-state index contributed by atoms with van der Waals surface area (Å²) in [4.78, 5) is 11.9. The fraction of sp³-hybridized carbons (Fsp3) is 0.286. The highest BCUT2D eigenvalue weighted by Crippen LogP contribution is 2.38. The van der Waals surface area contributed by atoms with Crippen molar-refractivity contribution in [3.8, 4) is 0 Å². The van der Waals surface area contributed by atoms with E-state index in [0.717, 1.165) is 31.2 Å². The molecular formula is C14H14F4N4O. The number of hydrogen-bond donors (Lipinski definition) is 2. The molecule has 2 aromatic rings. The van der Waals surface area contributed by atoms with Crippen LogP contribution in [0.15, 0.2) is 36.5 Å². The molecule has 0 saturated heterocycles. The summed E-state index contributed by atoms with van der Waals surface area (Å²) in [6, 6.07) is 4.14. The van der Waals surface area contributed by atoms with E-state index in [-0.39, 0.29) is 11.4 Å². The Morgan fingerprint density at radius 3 is 2.26 bits per heavy atom. The summed E-state index contributed by atoms with van der Waals surface area (Å²) >= 11 is 0. The van der Waals surface area contributed by atoms with E-state index in [1.165, 1.54) is 24.0 Å². The lowest BCUT2D eigenvalue weighted by atomic mass is 9.91. The highest BCUT2D eigenvalue weighted by Gasteiger charge is 2.53. The molecule has 2 rings (SSSR count).